The minimum atomic E-state index is -1.44. The molecule has 0 saturated heterocycles. The summed E-state index contributed by atoms with van der Waals surface area (Å²) >= 11 is 0. The molecular weight excluding hydrogens is 338 g/mol. The van der Waals surface area contributed by atoms with E-state index in [1.807, 2.05) is 31.2 Å². The van der Waals surface area contributed by atoms with Crippen molar-refractivity contribution in [1.82, 2.24) is 10.6 Å². The number of benzene rings is 1. The first kappa shape index (κ1) is 21.4. The first-order valence-corrected chi connectivity index (χ1v) is 8.29. The van der Waals surface area contributed by atoms with Gasteiger partial charge in [0.1, 0.15) is 6.10 Å². The van der Waals surface area contributed by atoms with Crippen molar-refractivity contribution in [2.75, 3.05) is 13.1 Å². The summed E-state index contributed by atoms with van der Waals surface area (Å²) in [4.78, 5) is 45.7. The van der Waals surface area contributed by atoms with Gasteiger partial charge < -0.3 is 15.7 Å². The zero-order valence-electron chi connectivity index (χ0n) is 15.2. The molecule has 1 rings (SSSR count). The normalized spacial score (nSPS) is 12.2. The molecule has 0 aliphatic rings. The van der Waals surface area contributed by atoms with Crippen LogP contribution in [0.4, 0.5) is 0 Å². The van der Waals surface area contributed by atoms with Gasteiger partial charge in [-0.05, 0) is 12.5 Å². The Hall–Kier alpha value is -2.61. The molecule has 3 N–H and O–H groups in total. The molecule has 0 saturated carbocycles. The minimum Gasteiger partial charge on any atom is -0.383 e. The lowest BCUT2D eigenvalue weighted by Gasteiger charge is -2.26. The van der Waals surface area contributed by atoms with Crippen LogP contribution in [0.1, 0.15) is 31.4 Å². The highest BCUT2D eigenvalue weighted by atomic mass is 16.3. The summed E-state index contributed by atoms with van der Waals surface area (Å²) in [6, 6.07) is 7.53. The number of hydrogen-bond acceptors (Lipinski definition) is 6. The van der Waals surface area contributed by atoms with Gasteiger partial charge in [-0.1, -0.05) is 48.9 Å². The van der Waals surface area contributed by atoms with Gasteiger partial charge in [0, 0.05) is 24.9 Å². The van der Waals surface area contributed by atoms with E-state index in [2.05, 4.69) is 15.8 Å². The number of carbonyl (C=O) groups is 3. The van der Waals surface area contributed by atoms with E-state index in [1.54, 1.807) is 0 Å². The number of nitrogens with zero attached hydrogens (tertiary/aromatic N) is 1. The summed E-state index contributed by atoms with van der Waals surface area (Å²) in [5.74, 6) is -2.11. The zero-order chi connectivity index (χ0) is 19.7. The van der Waals surface area contributed by atoms with E-state index in [-0.39, 0.29) is 26.1 Å². The van der Waals surface area contributed by atoms with Gasteiger partial charge in [-0.25, -0.2) is 0 Å². The van der Waals surface area contributed by atoms with Gasteiger partial charge in [-0.15, -0.1) is 0 Å². The topological polar surface area (TPSA) is 125 Å². The average molecular weight is 363 g/mol. The number of carbonyl (C=O) groups excluding carboxylic acids is 3. The summed E-state index contributed by atoms with van der Waals surface area (Å²) in [7, 11) is 0. The van der Waals surface area contributed by atoms with Crippen LogP contribution in [0, 0.1) is 17.2 Å². The van der Waals surface area contributed by atoms with Crippen LogP contribution in [-0.4, -0.2) is 41.9 Å². The highest BCUT2D eigenvalue weighted by Gasteiger charge is 2.33. The van der Waals surface area contributed by atoms with Crippen LogP contribution in [-0.2, 0) is 20.9 Å². The van der Waals surface area contributed by atoms with Gasteiger partial charge in [-0.2, -0.15) is 4.91 Å². The van der Waals surface area contributed by atoms with Gasteiger partial charge >= 0.3 is 0 Å². The lowest BCUT2D eigenvalue weighted by molar-refractivity contribution is -0.138. The Bertz CT molecular complexity index is 655. The molecule has 8 nitrogen and oxygen atoms in total. The smallest absolute Gasteiger partial charge is 0.287 e. The second-order valence-electron chi connectivity index (χ2n) is 6.81. The summed E-state index contributed by atoms with van der Waals surface area (Å²) in [5.41, 5.74) is 0.960. The van der Waals surface area contributed by atoms with Gasteiger partial charge in [0.2, 0.25) is 11.7 Å². The fourth-order valence-corrected chi connectivity index (χ4v) is 2.10. The Morgan fingerprint density at radius 2 is 1.77 bits per heavy atom. The Morgan fingerprint density at radius 3 is 2.35 bits per heavy atom. The van der Waals surface area contributed by atoms with Crippen LogP contribution in [0.3, 0.4) is 0 Å². The van der Waals surface area contributed by atoms with Crippen molar-refractivity contribution < 1.29 is 19.5 Å². The fraction of sp³-hybridized carbons (Fsp3) is 0.500. The first-order valence-electron chi connectivity index (χ1n) is 8.29. The second-order valence-corrected chi connectivity index (χ2v) is 6.81. The fourth-order valence-electron chi connectivity index (χ4n) is 2.10. The van der Waals surface area contributed by atoms with Crippen molar-refractivity contribution in [1.29, 1.82) is 0 Å². The Balaban J connectivity index is 2.36. The molecule has 1 atom stereocenters. The molecule has 0 spiro atoms. The number of nitrogens with one attached hydrogen (secondary N) is 2. The standard InChI is InChI=1S/C18H25N3O5/c1-12-4-6-13(7-5-12)10-20-16(24)14(22)8-9-19-17(25)15(23)18(2,3)11-21-26/h4-7,15,23H,8-11H2,1-3H3,(H,19,25)(H,20,24). The molecule has 8 heteroatoms. The molecule has 1 aromatic rings. The SMILES string of the molecule is Cc1ccc(CNC(=O)C(=O)CCNC(=O)C(O)C(C)(C)CN=O)cc1. The molecule has 2 amide bonds. The van der Waals surface area contributed by atoms with Crippen molar-refractivity contribution in [2.45, 2.75) is 39.8 Å². The molecule has 26 heavy (non-hydrogen) atoms. The molecule has 0 aliphatic heterocycles. The van der Waals surface area contributed by atoms with Gasteiger partial charge in [0.05, 0.1) is 6.54 Å². The number of Topliss-reactive ketones (excluding diaryl/α,β-unsaturated/α-hetero) is 1. The van der Waals surface area contributed by atoms with Crippen molar-refractivity contribution in [3.8, 4) is 0 Å². The number of nitroso groups, excluding NO2 is 1. The number of rotatable bonds is 10. The average Bonchev–Trinajstić information content (AvgIpc) is 2.59. The molecule has 142 valence electrons. The number of aliphatic hydroxyl groups is 1. The lowest BCUT2D eigenvalue weighted by atomic mass is 9.86. The molecule has 1 unspecified atom stereocenters. The third-order valence-electron chi connectivity index (χ3n) is 3.94. The van der Waals surface area contributed by atoms with Gasteiger partial charge in [0.25, 0.3) is 5.91 Å². The van der Waals surface area contributed by atoms with Crippen LogP contribution in [0.5, 0.6) is 0 Å². The molecular formula is C18H25N3O5. The molecule has 0 aromatic heterocycles. The van der Waals surface area contributed by atoms with E-state index < -0.39 is 29.1 Å². The number of ketones is 1. The molecule has 1 aromatic carbocycles. The molecule has 0 bridgehead atoms. The monoisotopic (exact) mass is 363 g/mol. The zero-order valence-corrected chi connectivity index (χ0v) is 15.2. The number of aliphatic hydroxyl groups excluding tert-OH is 1. The highest BCUT2D eigenvalue weighted by molar-refractivity contribution is 6.36. The van der Waals surface area contributed by atoms with E-state index in [0.29, 0.717) is 0 Å². The Kier molecular flexibility index (Phi) is 8.05. The van der Waals surface area contributed by atoms with E-state index >= 15 is 0 Å². The van der Waals surface area contributed by atoms with E-state index in [4.69, 9.17) is 0 Å². The minimum absolute atomic E-state index is 0.0860. The van der Waals surface area contributed by atoms with Crippen LogP contribution >= 0.6 is 0 Å². The number of hydrogen-bond donors (Lipinski definition) is 3. The van der Waals surface area contributed by atoms with Crippen LogP contribution < -0.4 is 10.6 Å². The maximum absolute atomic E-state index is 11.8. The molecule has 0 heterocycles. The van der Waals surface area contributed by atoms with Gasteiger partial charge in [-0.3, -0.25) is 14.4 Å². The van der Waals surface area contributed by atoms with Gasteiger partial charge in [0.15, 0.2) is 0 Å². The number of amides is 2. The largest absolute Gasteiger partial charge is 0.383 e. The van der Waals surface area contributed by atoms with Crippen LogP contribution in [0.25, 0.3) is 0 Å². The third-order valence-corrected chi connectivity index (χ3v) is 3.94. The maximum atomic E-state index is 11.8. The highest BCUT2D eigenvalue weighted by Crippen LogP contribution is 2.21. The Morgan fingerprint density at radius 1 is 1.15 bits per heavy atom. The predicted molar refractivity (Wildman–Crippen MR) is 96.1 cm³/mol. The van der Waals surface area contributed by atoms with E-state index in [9.17, 15) is 24.4 Å². The van der Waals surface area contributed by atoms with Crippen molar-refractivity contribution in [2.24, 2.45) is 10.6 Å². The van der Waals surface area contributed by atoms with Crippen LogP contribution in [0.2, 0.25) is 0 Å². The maximum Gasteiger partial charge on any atom is 0.287 e. The molecule has 0 aliphatic carbocycles. The first-order chi connectivity index (χ1) is 12.2. The lowest BCUT2D eigenvalue weighted by Crippen LogP contribution is -2.46. The quantitative estimate of drug-likeness (QED) is 0.420. The summed E-state index contributed by atoms with van der Waals surface area (Å²) in [6.07, 6.45) is -1.63. The van der Waals surface area contributed by atoms with Crippen molar-refractivity contribution in [3.05, 3.63) is 40.3 Å². The third kappa shape index (κ3) is 6.72. The molecule has 0 radical (unpaired) electrons. The van der Waals surface area contributed by atoms with Crippen molar-refractivity contribution in [3.63, 3.8) is 0 Å². The van der Waals surface area contributed by atoms with Crippen molar-refractivity contribution >= 4 is 17.6 Å². The van der Waals surface area contributed by atoms with E-state index in [0.717, 1.165) is 11.1 Å². The predicted octanol–water partition coefficient (Wildman–Crippen LogP) is 0.840. The van der Waals surface area contributed by atoms with E-state index in [1.165, 1.54) is 13.8 Å². The molecule has 0 fully saturated rings. The van der Waals surface area contributed by atoms with Crippen LogP contribution in [0.15, 0.2) is 29.4 Å². The second kappa shape index (κ2) is 9.76. The summed E-state index contributed by atoms with van der Waals surface area (Å²) in [6.45, 7) is 4.94. The Labute approximate surface area is 152 Å². The summed E-state index contributed by atoms with van der Waals surface area (Å²) in [5, 5.41) is 17.5. The summed E-state index contributed by atoms with van der Waals surface area (Å²) < 4.78 is 0. The number of aryl methyl sites for hydroxylation is 1.